The lowest BCUT2D eigenvalue weighted by molar-refractivity contribution is -0.120. The molecule has 2 nitrogen and oxygen atoms in total. The fourth-order valence-corrected chi connectivity index (χ4v) is 1.31. The molecule has 1 fully saturated rings. The van der Waals surface area contributed by atoms with Gasteiger partial charge in [0.15, 0.2) is 0 Å². The van der Waals surface area contributed by atoms with Crippen LogP contribution >= 0.6 is 11.9 Å². The molecular formula is C7H11NOS. The third kappa shape index (κ3) is 1.53. The molecule has 1 aliphatic carbocycles. The highest BCUT2D eigenvalue weighted by Gasteiger charge is 2.40. The Kier molecular flexibility index (Phi) is 2.38. The van der Waals surface area contributed by atoms with Gasteiger partial charge in [0.2, 0.25) is 5.91 Å². The van der Waals surface area contributed by atoms with E-state index in [1.165, 1.54) is 11.9 Å². The number of carbonyl (C=O) groups is 1. The van der Waals surface area contributed by atoms with Gasteiger partial charge in [-0.1, -0.05) is 18.0 Å². The lowest BCUT2D eigenvalue weighted by Gasteiger charge is -1.96. The second-order valence-corrected chi connectivity index (χ2v) is 3.02. The van der Waals surface area contributed by atoms with Crippen LogP contribution in [0.25, 0.3) is 0 Å². The molecule has 1 rings (SSSR count). The summed E-state index contributed by atoms with van der Waals surface area (Å²) in [4.78, 5) is 11.0. The number of hydrogen-bond acceptors (Lipinski definition) is 2. The summed E-state index contributed by atoms with van der Waals surface area (Å²) in [5, 5.41) is 0. The lowest BCUT2D eigenvalue weighted by atomic mass is 10.3. The van der Waals surface area contributed by atoms with Crippen molar-refractivity contribution < 1.29 is 4.79 Å². The van der Waals surface area contributed by atoms with E-state index in [9.17, 15) is 4.79 Å². The molecule has 0 aliphatic heterocycles. The van der Waals surface area contributed by atoms with E-state index in [0.29, 0.717) is 5.92 Å². The standard InChI is InChI=1S/C7H11NOS/c1-3-5-4-6(5)7(9)8-10-2/h3,5-6H,1,4H2,2H3,(H,8,9)/t5-,6?/m1/s1. The highest BCUT2D eigenvalue weighted by Crippen LogP contribution is 2.39. The number of allylic oxidation sites excluding steroid dienone is 1. The Morgan fingerprint density at radius 1 is 1.90 bits per heavy atom. The van der Waals surface area contributed by atoms with E-state index in [4.69, 9.17) is 0 Å². The molecule has 1 saturated carbocycles. The minimum absolute atomic E-state index is 0.150. The summed E-state index contributed by atoms with van der Waals surface area (Å²) < 4.78 is 2.70. The molecule has 1 aliphatic rings. The zero-order valence-corrected chi connectivity index (χ0v) is 6.78. The zero-order chi connectivity index (χ0) is 7.56. The Hall–Kier alpha value is -0.440. The van der Waals surface area contributed by atoms with Gasteiger partial charge in [-0.25, -0.2) is 0 Å². The van der Waals surface area contributed by atoms with Crippen LogP contribution in [0.15, 0.2) is 12.7 Å². The molecule has 0 aromatic heterocycles. The summed E-state index contributed by atoms with van der Waals surface area (Å²) in [5.74, 6) is 0.800. The maximum Gasteiger partial charge on any atom is 0.233 e. The SMILES string of the molecule is C=C[C@@H]1CC1C(=O)NSC. The predicted octanol–water partition coefficient (Wildman–Crippen LogP) is 1.20. The second-order valence-electron chi connectivity index (χ2n) is 2.41. The van der Waals surface area contributed by atoms with Gasteiger partial charge in [-0.15, -0.1) is 6.58 Å². The summed E-state index contributed by atoms with van der Waals surface area (Å²) in [6.07, 6.45) is 4.68. The van der Waals surface area contributed by atoms with E-state index in [2.05, 4.69) is 11.3 Å². The first-order valence-corrected chi connectivity index (χ1v) is 4.47. The van der Waals surface area contributed by atoms with Crippen LogP contribution in [0.5, 0.6) is 0 Å². The van der Waals surface area contributed by atoms with Crippen molar-refractivity contribution in [1.29, 1.82) is 0 Å². The Balaban J connectivity index is 2.25. The van der Waals surface area contributed by atoms with E-state index in [1.54, 1.807) is 0 Å². The molecule has 0 saturated heterocycles. The Bertz CT molecular complexity index is 158. The van der Waals surface area contributed by atoms with Gasteiger partial charge in [0.25, 0.3) is 0 Å². The molecule has 0 bridgehead atoms. The Morgan fingerprint density at radius 2 is 2.60 bits per heavy atom. The van der Waals surface area contributed by atoms with Crippen molar-refractivity contribution in [1.82, 2.24) is 4.72 Å². The third-order valence-corrected chi connectivity index (χ3v) is 2.09. The molecule has 0 spiro atoms. The molecule has 0 aromatic rings. The van der Waals surface area contributed by atoms with Crippen molar-refractivity contribution >= 4 is 17.9 Å². The molecule has 0 radical (unpaired) electrons. The van der Waals surface area contributed by atoms with Crippen molar-refractivity contribution in [3.05, 3.63) is 12.7 Å². The van der Waals surface area contributed by atoms with Gasteiger partial charge in [0.05, 0.1) is 0 Å². The average molecular weight is 157 g/mol. The van der Waals surface area contributed by atoms with Crippen molar-refractivity contribution in [2.24, 2.45) is 11.8 Å². The summed E-state index contributed by atoms with van der Waals surface area (Å²) >= 11 is 1.36. The highest BCUT2D eigenvalue weighted by molar-refractivity contribution is 7.97. The molecule has 10 heavy (non-hydrogen) atoms. The third-order valence-electron chi connectivity index (χ3n) is 1.68. The molecule has 56 valence electrons. The van der Waals surface area contributed by atoms with Gasteiger partial charge >= 0.3 is 0 Å². The molecule has 3 heteroatoms. The van der Waals surface area contributed by atoms with Crippen molar-refractivity contribution in [3.63, 3.8) is 0 Å². The van der Waals surface area contributed by atoms with Gasteiger partial charge in [-0.2, -0.15) is 0 Å². The normalized spacial score (nSPS) is 29.3. The second kappa shape index (κ2) is 3.10. The maximum atomic E-state index is 11.0. The van der Waals surface area contributed by atoms with E-state index in [1.807, 2.05) is 12.3 Å². The van der Waals surface area contributed by atoms with Crippen LogP contribution in [-0.2, 0) is 4.79 Å². The molecule has 0 aromatic carbocycles. The quantitative estimate of drug-likeness (QED) is 0.492. The minimum Gasteiger partial charge on any atom is -0.300 e. The smallest absolute Gasteiger partial charge is 0.233 e. The van der Waals surface area contributed by atoms with E-state index >= 15 is 0 Å². The Morgan fingerprint density at radius 3 is 3.00 bits per heavy atom. The zero-order valence-electron chi connectivity index (χ0n) is 5.96. The largest absolute Gasteiger partial charge is 0.300 e. The average Bonchev–Trinajstić information content (AvgIpc) is 2.66. The summed E-state index contributed by atoms with van der Waals surface area (Å²) in [7, 11) is 0. The van der Waals surface area contributed by atoms with E-state index < -0.39 is 0 Å². The van der Waals surface area contributed by atoms with Crippen molar-refractivity contribution in [2.75, 3.05) is 6.26 Å². The minimum atomic E-state index is 0.150. The first-order chi connectivity index (χ1) is 4.79. The van der Waals surface area contributed by atoms with Crippen LogP contribution < -0.4 is 4.72 Å². The predicted molar refractivity (Wildman–Crippen MR) is 43.5 cm³/mol. The van der Waals surface area contributed by atoms with E-state index in [-0.39, 0.29) is 11.8 Å². The van der Waals surface area contributed by atoms with Crippen LogP contribution in [0.3, 0.4) is 0 Å². The summed E-state index contributed by atoms with van der Waals surface area (Å²) in [5.41, 5.74) is 0. The molecule has 0 heterocycles. The number of carbonyl (C=O) groups excluding carboxylic acids is 1. The van der Waals surface area contributed by atoms with Gasteiger partial charge in [0.1, 0.15) is 0 Å². The molecule has 1 unspecified atom stereocenters. The van der Waals surface area contributed by atoms with Crippen LogP contribution in [0, 0.1) is 11.8 Å². The first kappa shape index (κ1) is 7.66. The maximum absolute atomic E-state index is 11.0. The fourth-order valence-electron chi connectivity index (χ4n) is 0.953. The number of nitrogens with one attached hydrogen (secondary N) is 1. The fraction of sp³-hybridized carbons (Fsp3) is 0.571. The van der Waals surface area contributed by atoms with Gasteiger partial charge in [0, 0.05) is 12.2 Å². The number of amides is 1. The van der Waals surface area contributed by atoms with Crippen molar-refractivity contribution in [2.45, 2.75) is 6.42 Å². The molecule has 1 N–H and O–H groups in total. The number of hydrogen-bond donors (Lipinski definition) is 1. The van der Waals surface area contributed by atoms with Crippen LogP contribution in [0.4, 0.5) is 0 Å². The molecule has 1 amide bonds. The number of rotatable bonds is 3. The first-order valence-electron chi connectivity index (χ1n) is 3.25. The van der Waals surface area contributed by atoms with Crippen LogP contribution in [-0.4, -0.2) is 12.2 Å². The topological polar surface area (TPSA) is 29.1 Å². The van der Waals surface area contributed by atoms with Gasteiger partial charge in [-0.05, 0) is 12.3 Å². The molecular weight excluding hydrogens is 146 g/mol. The van der Waals surface area contributed by atoms with Gasteiger partial charge < -0.3 is 4.72 Å². The van der Waals surface area contributed by atoms with Crippen LogP contribution in [0.1, 0.15) is 6.42 Å². The van der Waals surface area contributed by atoms with E-state index in [0.717, 1.165) is 6.42 Å². The monoisotopic (exact) mass is 157 g/mol. The van der Waals surface area contributed by atoms with Crippen LogP contribution in [0.2, 0.25) is 0 Å². The molecule has 2 atom stereocenters. The lowest BCUT2D eigenvalue weighted by Crippen LogP contribution is -2.17. The summed E-state index contributed by atoms with van der Waals surface area (Å²) in [6.45, 7) is 3.63. The highest BCUT2D eigenvalue weighted by atomic mass is 32.2. The van der Waals surface area contributed by atoms with Crippen molar-refractivity contribution in [3.8, 4) is 0 Å². The summed E-state index contributed by atoms with van der Waals surface area (Å²) in [6, 6.07) is 0. The van der Waals surface area contributed by atoms with Gasteiger partial charge in [-0.3, -0.25) is 4.79 Å². The Labute approximate surface area is 65.2 Å².